The van der Waals surface area contributed by atoms with Crippen LogP contribution in [-0.2, 0) is 0 Å². The summed E-state index contributed by atoms with van der Waals surface area (Å²) in [6.07, 6.45) is 0. The lowest BCUT2D eigenvalue weighted by molar-refractivity contribution is 2.28. The predicted octanol–water partition coefficient (Wildman–Crippen LogP) is 4.91. The second kappa shape index (κ2) is 9.88. The fourth-order valence-electron chi connectivity index (χ4n) is 0. The van der Waals surface area contributed by atoms with Gasteiger partial charge in [-0.1, -0.05) is 95.6 Å². The number of rotatable bonds is 0. The zero-order chi connectivity index (χ0) is 7.15. The SMILES string of the molecule is BrC(Br)Br.BrC(Br)Br. The minimum Gasteiger partial charge on any atom is -0.0637 e. The largest absolute Gasteiger partial charge is 0.124 e. The summed E-state index contributed by atoms with van der Waals surface area (Å²) in [4.78, 5) is 0. The zero-order valence-corrected chi connectivity index (χ0v) is 12.9. The van der Waals surface area contributed by atoms with Gasteiger partial charge in [-0.05, 0) is 0 Å². The van der Waals surface area contributed by atoms with Crippen LogP contribution in [0.2, 0.25) is 0 Å². The third-order valence-corrected chi connectivity index (χ3v) is 0. The van der Waals surface area contributed by atoms with Crippen molar-refractivity contribution in [2.24, 2.45) is 0 Å². The van der Waals surface area contributed by atoms with Gasteiger partial charge < -0.3 is 0 Å². The number of hydrogen-bond acceptors (Lipinski definition) is 0. The molecular weight excluding hydrogens is 503 g/mol. The van der Waals surface area contributed by atoms with Gasteiger partial charge >= 0.3 is 0 Å². The Morgan fingerprint density at radius 1 is 0.500 bits per heavy atom. The van der Waals surface area contributed by atoms with E-state index in [9.17, 15) is 0 Å². The predicted molar refractivity (Wildman–Crippen MR) is 61.1 cm³/mol. The third-order valence-electron chi connectivity index (χ3n) is 0. The molecule has 52 valence electrons. The first-order valence-electron chi connectivity index (χ1n) is 1.31. The van der Waals surface area contributed by atoms with Crippen LogP contribution in [-0.4, -0.2) is 5.29 Å². The van der Waals surface area contributed by atoms with E-state index in [1.54, 1.807) is 0 Å². The Balaban J connectivity index is 0. The molecule has 0 bridgehead atoms. The van der Waals surface area contributed by atoms with Crippen molar-refractivity contribution in [1.82, 2.24) is 0 Å². The quantitative estimate of drug-likeness (QED) is 0.411. The lowest BCUT2D eigenvalue weighted by atomic mass is 12.0. The van der Waals surface area contributed by atoms with Crippen LogP contribution in [0.4, 0.5) is 0 Å². The normalized spacial score (nSPS) is 9.00. The number of hydrogen-bond donors (Lipinski definition) is 0. The van der Waals surface area contributed by atoms with E-state index >= 15 is 0 Å². The summed E-state index contributed by atoms with van der Waals surface area (Å²) >= 11 is 18.6. The first-order chi connectivity index (χ1) is 3.46. The zero-order valence-electron chi connectivity index (χ0n) is 3.42. The van der Waals surface area contributed by atoms with Gasteiger partial charge in [0.1, 0.15) is 5.29 Å². The van der Waals surface area contributed by atoms with Gasteiger partial charge in [0.25, 0.3) is 0 Å². The minimum absolute atomic E-state index is 0.271. The van der Waals surface area contributed by atoms with Crippen LogP contribution in [0, 0.1) is 0 Å². The molecular formula is C2H2Br6. The van der Waals surface area contributed by atoms with Crippen LogP contribution in [0.15, 0.2) is 0 Å². The van der Waals surface area contributed by atoms with E-state index in [2.05, 4.69) is 95.6 Å². The molecule has 8 heavy (non-hydrogen) atoms. The second-order valence-electron chi connectivity index (χ2n) is 0.495. The Morgan fingerprint density at radius 2 is 0.500 bits per heavy atom. The third kappa shape index (κ3) is 66.5. The van der Waals surface area contributed by atoms with Crippen molar-refractivity contribution in [2.45, 2.75) is 5.29 Å². The maximum absolute atomic E-state index is 3.10. The first-order valence-corrected chi connectivity index (χ1v) is 6.80. The van der Waals surface area contributed by atoms with Gasteiger partial charge in [0.2, 0.25) is 0 Å². The van der Waals surface area contributed by atoms with E-state index in [-0.39, 0.29) is 5.29 Å². The number of halogens is 6. The molecule has 0 spiro atoms. The van der Waals surface area contributed by atoms with Crippen molar-refractivity contribution in [3.05, 3.63) is 0 Å². The molecule has 6 heteroatoms. The second-order valence-corrected chi connectivity index (χ2v) is 13.4. The number of alkyl halides is 6. The maximum Gasteiger partial charge on any atom is 0.124 e. The monoisotopic (exact) mass is 500 g/mol. The van der Waals surface area contributed by atoms with Crippen molar-refractivity contribution >= 4 is 95.6 Å². The highest BCUT2D eigenvalue weighted by Gasteiger charge is 1.77. The van der Waals surface area contributed by atoms with Gasteiger partial charge in [-0.3, -0.25) is 0 Å². The molecule has 0 aromatic carbocycles. The molecule has 0 atom stereocenters. The van der Waals surface area contributed by atoms with Crippen LogP contribution in [0.1, 0.15) is 0 Å². The van der Waals surface area contributed by atoms with Gasteiger partial charge in [0.15, 0.2) is 0 Å². The topological polar surface area (TPSA) is 0 Å². The Kier molecular flexibility index (Phi) is 16.6. The van der Waals surface area contributed by atoms with E-state index in [1.165, 1.54) is 0 Å². The fourth-order valence-corrected chi connectivity index (χ4v) is 0. The maximum atomic E-state index is 3.10. The molecule has 0 aromatic heterocycles. The highest BCUT2D eigenvalue weighted by molar-refractivity contribution is 9.38. The Bertz CT molecular complexity index is 22.0. The lowest BCUT2D eigenvalue weighted by Crippen LogP contribution is -1.49. The first kappa shape index (κ1) is 13.5. The van der Waals surface area contributed by atoms with Crippen molar-refractivity contribution in [2.75, 3.05) is 0 Å². The molecule has 0 aromatic rings. The molecule has 0 fully saturated rings. The molecule has 0 unspecified atom stereocenters. The summed E-state index contributed by atoms with van der Waals surface area (Å²) in [5, 5.41) is 0. The molecule has 0 N–H and O–H groups in total. The minimum atomic E-state index is 0.271. The Hall–Kier alpha value is 2.88. The van der Waals surface area contributed by atoms with Crippen molar-refractivity contribution in [3.63, 3.8) is 0 Å². The van der Waals surface area contributed by atoms with E-state index in [4.69, 9.17) is 0 Å². The van der Waals surface area contributed by atoms with Crippen molar-refractivity contribution < 1.29 is 0 Å². The smallest absolute Gasteiger partial charge is 0.0637 e. The molecule has 0 radical (unpaired) electrons. The van der Waals surface area contributed by atoms with Gasteiger partial charge in [0, 0.05) is 0 Å². The van der Waals surface area contributed by atoms with E-state index in [1.807, 2.05) is 0 Å². The summed E-state index contributed by atoms with van der Waals surface area (Å²) in [6.45, 7) is 0. The Morgan fingerprint density at radius 3 is 0.500 bits per heavy atom. The van der Waals surface area contributed by atoms with Gasteiger partial charge in [-0.15, -0.1) is 0 Å². The van der Waals surface area contributed by atoms with E-state index < -0.39 is 0 Å². The summed E-state index contributed by atoms with van der Waals surface area (Å²) < 4.78 is 0.542. The standard InChI is InChI=1S/2CHBr3/c2*2-1(3)4/h2*1H. The molecule has 0 saturated heterocycles. The van der Waals surface area contributed by atoms with Gasteiger partial charge in [0.05, 0.1) is 0 Å². The molecule has 0 heterocycles. The highest BCUT2D eigenvalue weighted by atomic mass is 80.0. The molecule has 0 saturated carbocycles. The fraction of sp³-hybridized carbons (Fsp3) is 1.00. The summed E-state index contributed by atoms with van der Waals surface area (Å²) in [5.74, 6) is 0. The summed E-state index contributed by atoms with van der Waals surface area (Å²) in [5.41, 5.74) is 0. The molecule has 0 rings (SSSR count). The van der Waals surface area contributed by atoms with Crippen molar-refractivity contribution in [1.29, 1.82) is 0 Å². The van der Waals surface area contributed by atoms with Crippen LogP contribution < -0.4 is 0 Å². The molecule has 0 nitrogen and oxygen atoms in total. The summed E-state index contributed by atoms with van der Waals surface area (Å²) in [7, 11) is 0. The van der Waals surface area contributed by atoms with Crippen LogP contribution >= 0.6 is 95.6 Å². The van der Waals surface area contributed by atoms with E-state index in [0.29, 0.717) is 0 Å². The lowest BCUT2D eigenvalue weighted by Gasteiger charge is -1.70. The molecule has 0 aliphatic rings. The van der Waals surface area contributed by atoms with E-state index in [0.717, 1.165) is 0 Å². The van der Waals surface area contributed by atoms with Gasteiger partial charge in [-0.25, -0.2) is 0 Å². The molecule has 0 aliphatic carbocycles. The van der Waals surface area contributed by atoms with Crippen LogP contribution in [0.5, 0.6) is 0 Å². The average Bonchev–Trinajstić information content (AvgIpc) is 1.25. The highest BCUT2D eigenvalue weighted by Crippen LogP contribution is 2.14. The molecule has 0 aliphatic heterocycles. The van der Waals surface area contributed by atoms with Gasteiger partial charge in [-0.2, -0.15) is 0 Å². The Labute approximate surface area is 99.3 Å². The van der Waals surface area contributed by atoms with Crippen molar-refractivity contribution in [3.8, 4) is 0 Å². The molecule has 0 amide bonds. The average molecular weight is 505 g/mol. The summed E-state index contributed by atoms with van der Waals surface area (Å²) in [6, 6.07) is 0. The van der Waals surface area contributed by atoms with Crippen LogP contribution in [0.3, 0.4) is 0 Å². The van der Waals surface area contributed by atoms with Crippen LogP contribution in [0.25, 0.3) is 0 Å².